The van der Waals surface area contributed by atoms with Crippen molar-refractivity contribution < 1.29 is 4.74 Å². The fourth-order valence-electron chi connectivity index (χ4n) is 1.96. The standard InChI is InChI=1S/C11H17N3OS/c1-15-9-6-12-11(13-7-9)14-8-3-4-10(5-8)16-2/h6-8,10H,3-5H2,1-2H3,(H,12,13,14). The molecule has 0 spiro atoms. The second-order valence-electron chi connectivity index (χ2n) is 3.96. The lowest BCUT2D eigenvalue weighted by Gasteiger charge is -2.12. The number of hydrogen-bond donors (Lipinski definition) is 1. The van der Waals surface area contributed by atoms with Gasteiger partial charge in [-0.25, -0.2) is 9.97 Å². The van der Waals surface area contributed by atoms with Gasteiger partial charge in [0.1, 0.15) is 0 Å². The van der Waals surface area contributed by atoms with Crippen molar-refractivity contribution in [3.05, 3.63) is 12.4 Å². The van der Waals surface area contributed by atoms with Crippen LogP contribution in [0.5, 0.6) is 5.75 Å². The number of hydrogen-bond acceptors (Lipinski definition) is 5. The molecule has 1 aromatic rings. The summed E-state index contributed by atoms with van der Waals surface area (Å²) in [5.74, 6) is 1.39. The van der Waals surface area contributed by atoms with E-state index in [0.29, 0.717) is 17.7 Å². The van der Waals surface area contributed by atoms with Crippen molar-refractivity contribution in [1.82, 2.24) is 9.97 Å². The Bertz CT molecular complexity index is 331. The van der Waals surface area contributed by atoms with Gasteiger partial charge in [0.2, 0.25) is 5.95 Å². The molecule has 1 heterocycles. The molecule has 0 bridgehead atoms. The molecular weight excluding hydrogens is 222 g/mol. The van der Waals surface area contributed by atoms with Crippen LogP contribution in [0.25, 0.3) is 0 Å². The summed E-state index contributed by atoms with van der Waals surface area (Å²) >= 11 is 1.95. The predicted octanol–water partition coefficient (Wildman–Crippen LogP) is 2.18. The van der Waals surface area contributed by atoms with Gasteiger partial charge in [-0.15, -0.1) is 0 Å². The summed E-state index contributed by atoms with van der Waals surface area (Å²) in [6, 6.07) is 0.519. The zero-order chi connectivity index (χ0) is 11.4. The summed E-state index contributed by atoms with van der Waals surface area (Å²) < 4.78 is 5.02. The Balaban J connectivity index is 1.89. The number of thioether (sulfide) groups is 1. The van der Waals surface area contributed by atoms with E-state index >= 15 is 0 Å². The highest BCUT2D eigenvalue weighted by Gasteiger charge is 2.24. The van der Waals surface area contributed by atoms with Gasteiger partial charge < -0.3 is 10.1 Å². The summed E-state index contributed by atoms with van der Waals surface area (Å²) in [4.78, 5) is 8.42. The van der Waals surface area contributed by atoms with E-state index < -0.39 is 0 Å². The van der Waals surface area contributed by atoms with Crippen molar-refractivity contribution in [1.29, 1.82) is 0 Å². The Labute approximate surface area is 100 Å². The fourth-order valence-corrected chi connectivity index (χ4v) is 2.76. The smallest absolute Gasteiger partial charge is 0.223 e. The van der Waals surface area contributed by atoms with E-state index in [2.05, 4.69) is 21.5 Å². The van der Waals surface area contributed by atoms with Crippen LogP contribution in [-0.4, -0.2) is 34.6 Å². The molecule has 1 aliphatic rings. The Kier molecular flexibility index (Phi) is 3.88. The summed E-state index contributed by atoms with van der Waals surface area (Å²) in [6.45, 7) is 0. The van der Waals surface area contributed by atoms with Crippen molar-refractivity contribution >= 4 is 17.7 Å². The van der Waals surface area contributed by atoms with Gasteiger partial charge in [-0.1, -0.05) is 0 Å². The van der Waals surface area contributed by atoms with Crippen molar-refractivity contribution in [2.75, 3.05) is 18.7 Å². The number of anilines is 1. The van der Waals surface area contributed by atoms with Crippen LogP contribution in [-0.2, 0) is 0 Å². The maximum atomic E-state index is 5.02. The maximum absolute atomic E-state index is 5.02. The Morgan fingerprint density at radius 3 is 2.69 bits per heavy atom. The van der Waals surface area contributed by atoms with Crippen molar-refractivity contribution in [3.63, 3.8) is 0 Å². The third kappa shape index (κ3) is 2.78. The molecule has 1 N–H and O–H groups in total. The van der Waals surface area contributed by atoms with Crippen LogP contribution in [0.3, 0.4) is 0 Å². The van der Waals surface area contributed by atoms with E-state index in [0.717, 1.165) is 5.25 Å². The topological polar surface area (TPSA) is 47.0 Å². The van der Waals surface area contributed by atoms with Crippen molar-refractivity contribution in [2.45, 2.75) is 30.6 Å². The molecule has 0 amide bonds. The SMILES string of the molecule is COc1cnc(NC2CCC(SC)C2)nc1. The molecule has 0 aliphatic heterocycles. The van der Waals surface area contributed by atoms with Gasteiger partial charge in [0.25, 0.3) is 0 Å². The molecule has 2 atom stereocenters. The van der Waals surface area contributed by atoms with Gasteiger partial charge >= 0.3 is 0 Å². The van der Waals surface area contributed by atoms with Gasteiger partial charge in [0.15, 0.2) is 5.75 Å². The lowest BCUT2D eigenvalue weighted by molar-refractivity contribution is 0.411. The summed E-state index contributed by atoms with van der Waals surface area (Å²) in [7, 11) is 1.62. The van der Waals surface area contributed by atoms with Crippen LogP contribution < -0.4 is 10.1 Å². The number of ether oxygens (including phenoxy) is 1. The van der Waals surface area contributed by atoms with Gasteiger partial charge in [0.05, 0.1) is 19.5 Å². The van der Waals surface area contributed by atoms with E-state index in [1.54, 1.807) is 19.5 Å². The average molecular weight is 239 g/mol. The van der Waals surface area contributed by atoms with Crippen LogP contribution >= 0.6 is 11.8 Å². The Hall–Kier alpha value is -0.970. The lowest BCUT2D eigenvalue weighted by atomic mass is 10.2. The number of aromatic nitrogens is 2. The first-order valence-electron chi connectivity index (χ1n) is 5.47. The summed E-state index contributed by atoms with van der Waals surface area (Å²) in [6.07, 6.45) is 9.26. The quantitative estimate of drug-likeness (QED) is 0.872. The molecule has 0 saturated heterocycles. The monoisotopic (exact) mass is 239 g/mol. The first-order chi connectivity index (χ1) is 7.81. The van der Waals surface area contributed by atoms with E-state index in [4.69, 9.17) is 4.74 Å². The molecule has 1 aliphatic carbocycles. The zero-order valence-electron chi connectivity index (χ0n) is 9.64. The molecule has 4 nitrogen and oxygen atoms in total. The fraction of sp³-hybridized carbons (Fsp3) is 0.636. The molecule has 2 unspecified atom stereocenters. The molecule has 1 fully saturated rings. The summed E-state index contributed by atoms with van der Waals surface area (Å²) in [5.41, 5.74) is 0. The second-order valence-corrected chi connectivity index (χ2v) is 5.10. The van der Waals surface area contributed by atoms with Gasteiger partial charge in [-0.05, 0) is 25.5 Å². The molecule has 5 heteroatoms. The van der Waals surface area contributed by atoms with Crippen molar-refractivity contribution in [3.8, 4) is 5.75 Å². The van der Waals surface area contributed by atoms with E-state index in [1.807, 2.05) is 11.8 Å². The second kappa shape index (κ2) is 5.39. The highest BCUT2D eigenvalue weighted by atomic mass is 32.2. The molecule has 1 saturated carbocycles. The van der Waals surface area contributed by atoms with Gasteiger partial charge in [-0.2, -0.15) is 11.8 Å². The Morgan fingerprint density at radius 2 is 2.12 bits per heavy atom. The molecule has 16 heavy (non-hydrogen) atoms. The Morgan fingerprint density at radius 1 is 1.38 bits per heavy atom. The number of nitrogens with zero attached hydrogens (tertiary/aromatic N) is 2. The first-order valence-corrected chi connectivity index (χ1v) is 6.76. The first kappa shape index (κ1) is 11.5. The van der Waals surface area contributed by atoms with E-state index in [1.165, 1.54) is 19.3 Å². The molecule has 88 valence electrons. The molecule has 2 rings (SSSR count). The number of rotatable bonds is 4. The highest BCUT2D eigenvalue weighted by Crippen LogP contribution is 2.29. The molecule has 1 aromatic heterocycles. The average Bonchev–Trinajstić information content (AvgIpc) is 2.78. The normalized spacial score (nSPS) is 24.4. The number of methoxy groups -OCH3 is 1. The number of nitrogens with one attached hydrogen (secondary N) is 1. The summed E-state index contributed by atoms with van der Waals surface area (Å²) in [5, 5.41) is 4.15. The van der Waals surface area contributed by atoms with Crippen molar-refractivity contribution in [2.24, 2.45) is 0 Å². The molecular formula is C11H17N3OS. The zero-order valence-corrected chi connectivity index (χ0v) is 10.5. The van der Waals surface area contributed by atoms with E-state index in [9.17, 15) is 0 Å². The van der Waals surface area contributed by atoms with Crippen LogP contribution in [0.1, 0.15) is 19.3 Å². The van der Waals surface area contributed by atoms with Gasteiger partial charge in [-0.3, -0.25) is 0 Å². The minimum atomic E-state index is 0.519. The van der Waals surface area contributed by atoms with Crippen LogP contribution in [0.2, 0.25) is 0 Å². The lowest BCUT2D eigenvalue weighted by Crippen LogP contribution is -2.17. The van der Waals surface area contributed by atoms with E-state index in [-0.39, 0.29) is 0 Å². The van der Waals surface area contributed by atoms with Crippen LogP contribution in [0, 0.1) is 0 Å². The van der Waals surface area contributed by atoms with Crippen LogP contribution in [0.4, 0.5) is 5.95 Å². The largest absolute Gasteiger partial charge is 0.494 e. The third-order valence-corrected chi connectivity index (χ3v) is 4.01. The predicted molar refractivity (Wildman–Crippen MR) is 67.1 cm³/mol. The van der Waals surface area contributed by atoms with Gasteiger partial charge in [0, 0.05) is 11.3 Å². The van der Waals surface area contributed by atoms with Crippen LogP contribution in [0.15, 0.2) is 12.4 Å². The molecule has 0 aromatic carbocycles. The molecule has 0 radical (unpaired) electrons. The maximum Gasteiger partial charge on any atom is 0.223 e. The minimum absolute atomic E-state index is 0.519. The highest BCUT2D eigenvalue weighted by molar-refractivity contribution is 7.99. The minimum Gasteiger partial charge on any atom is -0.494 e. The third-order valence-electron chi connectivity index (χ3n) is 2.91.